The van der Waals surface area contributed by atoms with Gasteiger partial charge in [0, 0.05) is 53.0 Å². The van der Waals surface area contributed by atoms with Crippen molar-refractivity contribution in [1.29, 1.82) is 0 Å². The molecule has 3 aromatic carbocycles. The molecule has 2 amide bonds. The molecule has 222 valence electrons. The average Bonchev–Trinajstić information content (AvgIpc) is 3.65. The number of nitrogens with zero attached hydrogens (tertiary/aromatic N) is 4. The molecule has 4 aromatic rings. The Kier molecular flexibility index (Phi) is 8.72. The Morgan fingerprint density at radius 2 is 1.65 bits per heavy atom. The number of nitrogens with two attached hydrogens (primary N) is 2. The summed E-state index contributed by atoms with van der Waals surface area (Å²) in [5.41, 5.74) is 16.3. The SMILES string of the molecule is CN(C)CC(=O)O/N=C(/N)c1ccc2cc(C(=O)Nc3cccc(N4CCCC4)c3)n(Cc3ccc(C(N)=O)cc3)c2c1. The van der Waals surface area contributed by atoms with E-state index in [4.69, 9.17) is 16.3 Å². The van der Waals surface area contributed by atoms with Gasteiger partial charge in [-0.15, -0.1) is 0 Å². The van der Waals surface area contributed by atoms with Crippen LogP contribution < -0.4 is 21.7 Å². The minimum atomic E-state index is -0.537. The highest BCUT2D eigenvalue weighted by Gasteiger charge is 2.19. The lowest BCUT2D eigenvalue weighted by Gasteiger charge is -2.18. The van der Waals surface area contributed by atoms with E-state index in [2.05, 4.69) is 21.4 Å². The second kappa shape index (κ2) is 12.8. The molecular formula is C32H35N7O4. The van der Waals surface area contributed by atoms with Crippen LogP contribution in [-0.4, -0.2) is 66.8 Å². The Balaban J connectivity index is 1.48. The van der Waals surface area contributed by atoms with E-state index in [1.165, 1.54) is 0 Å². The molecule has 1 fully saturated rings. The van der Waals surface area contributed by atoms with Gasteiger partial charge in [0.2, 0.25) is 5.91 Å². The number of likely N-dealkylation sites (N-methyl/N-ethyl adjacent to an activating group) is 1. The molecule has 0 saturated carbocycles. The molecule has 5 rings (SSSR count). The molecule has 11 heteroatoms. The van der Waals surface area contributed by atoms with Crippen LogP contribution in [0.15, 0.2) is 78.0 Å². The van der Waals surface area contributed by atoms with Crippen molar-refractivity contribution in [1.82, 2.24) is 9.47 Å². The number of primary amides is 1. The van der Waals surface area contributed by atoms with Crippen LogP contribution in [0.3, 0.4) is 0 Å². The Morgan fingerprint density at radius 1 is 0.930 bits per heavy atom. The monoisotopic (exact) mass is 581 g/mol. The predicted molar refractivity (Wildman–Crippen MR) is 167 cm³/mol. The van der Waals surface area contributed by atoms with E-state index >= 15 is 0 Å². The normalized spacial score (nSPS) is 13.5. The fourth-order valence-corrected chi connectivity index (χ4v) is 5.12. The van der Waals surface area contributed by atoms with Crippen LogP contribution in [0.5, 0.6) is 0 Å². The van der Waals surface area contributed by atoms with Gasteiger partial charge < -0.3 is 31.1 Å². The van der Waals surface area contributed by atoms with E-state index in [1.54, 1.807) is 55.4 Å². The molecule has 1 aromatic heterocycles. The lowest BCUT2D eigenvalue weighted by atomic mass is 10.1. The maximum absolute atomic E-state index is 13.7. The van der Waals surface area contributed by atoms with Crippen molar-refractivity contribution in [2.45, 2.75) is 19.4 Å². The predicted octanol–water partition coefficient (Wildman–Crippen LogP) is 3.37. The summed E-state index contributed by atoms with van der Waals surface area (Å²) in [6, 6.07) is 22.0. The van der Waals surface area contributed by atoms with Gasteiger partial charge in [-0.25, -0.2) is 4.79 Å². The van der Waals surface area contributed by atoms with Gasteiger partial charge in [-0.1, -0.05) is 35.5 Å². The summed E-state index contributed by atoms with van der Waals surface area (Å²) in [6.07, 6.45) is 2.32. The summed E-state index contributed by atoms with van der Waals surface area (Å²) >= 11 is 0. The zero-order valence-electron chi connectivity index (χ0n) is 24.2. The van der Waals surface area contributed by atoms with Crippen LogP contribution in [0, 0.1) is 0 Å². The molecule has 0 bridgehead atoms. The van der Waals surface area contributed by atoms with Crippen molar-refractivity contribution >= 4 is 45.9 Å². The highest BCUT2D eigenvalue weighted by atomic mass is 16.7. The molecule has 0 atom stereocenters. The van der Waals surface area contributed by atoms with Gasteiger partial charge in [0.05, 0.1) is 6.54 Å². The Labute approximate surface area is 249 Å². The van der Waals surface area contributed by atoms with E-state index in [0.717, 1.165) is 48.1 Å². The van der Waals surface area contributed by atoms with Crippen LogP contribution in [-0.2, 0) is 16.2 Å². The molecule has 1 aliphatic rings. The molecule has 43 heavy (non-hydrogen) atoms. The van der Waals surface area contributed by atoms with Crippen LogP contribution in [0.1, 0.15) is 44.8 Å². The number of amidine groups is 1. The Morgan fingerprint density at radius 3 is 2.35 bits per heavy atom. The number of amides is 2. The number of hydrogen-bond donors (Lipinski definition) is 3. The van der Waals surface area contributed by atoms with Crippen LogP contribution in [0.25, 0.3) is 10.9 Å². The molecule has 0 aliphatic carbocycles. The van der Waals surface area contributed by atoms with Gasteiger partial charge >= 0.3 is 5.97 Å². The minimum Gasteiger partial charge on any atom is -0.380 e. The first-order valence-electron chi connectivity index (χ1n) is 14.0. The number of anilines is 2. The van der Waals surface area contributed by atoms with E-state index in [-0.39, 0.29) is 18.3 Å². The van der Waals surface area contributed by atoms with Crippen LogP contribution in [0.2, 0.25) is 0 Å². The third-order valence-corrected chi connectivity index (χ3v) is 7.28. The number of oxime groups is 1. The first-order valence-corrected chi connectivity index (χ1v) is 14.0. The van der Waals surface area contributed by atoms with Gasteiger partial charge in [-0.05, 0) is 75.0 Å². The second-order valence-corrected chi connectivity index (χ2v) is 10.8. The Bertz CT molecular complexity index is 1690. The summed E-state index contributed by atoms with van der Waals surface area (Å²) in [7, 11) is 3.49. The maximum Gasteiger partial charge on any atom is 0.348 e. The summed E-state index contributed by atoms with van der Waals surface area (Å²) in [4.78, 5) is 46.2. The summed E-state index contributed by atoms with van der Waals surface area (Å²) in [5.74, 6) is -1.30. The summed E-state index contributed by atoms with van der Waals surface area (Å²) < 4.78 is 1.88. The number of aromatic nitrogens is 1. The van der Waals surface area contributed by atoms with Crippen molar-refractivity contribution in [3.05, 3.63) is 95.2 Å². The van der Waals surface area contributed by atoms with Crippen LogP contribution in [0.4, 0.5) is 11.4 Å². The lowest BCUT2D eigenvalue weighted by Crippen LogP contribution is -2.23. The van der Waals surface area contributed by atoms with E-state index in [9.17, 15) is 14.4 Å². The minimum absolute atomic E-state index is 0.0253. The molecule has 1 aliphatic heterocycles. The lowest BCUT2D eigenvalue weighted by molar-refractivity contribution is -0.144. The summed E-state index contributed by atoms with van der Waals surface area (Å²) in [6.45, 7) is 2.40. The molecule has 5 N–H and O–H groups in total. The quantitative estimate of drug-likeness (QED) is 0.113. The first-order chi connectivity index (χ1) is 20.7. The number of rotatable bonds is 10. The van der Waals surface area contributed by atoms with E-state index in [1.807, 2.05) is 34.9 Å². The molecule has 2 heterocycles. The van der Waals surface area contributed by atoms with Crippen molar-refractivity contribution in [2.24, 2.45) is 16.6 Å². The third kappa shape index (κ3) is 7.02. The van der Waals surface area contributed by atoms with Crippen molar-refractivity contribution < 1.29 is 19.2 Å². The van der Waals surface area contributed by atoms with Gasteiger partial charge in [-0.2, -0.15) is 0 Å². The van der Waals surface area contributed by atoms with Crippen molar-refractivity contribution in [3.63, 3.8) is 0 Å². The summed E-state index contributed by atoms with van der Waals surface area (Å²) in [5, 5.41) is 7.69. The number of carbonyl (C=O) groups excluding carboxylic acids is 3. The van der Waals surface area contributed by atoms with E-state index in [0.29, 0.717) is 29.1 Å². The van der Waals surface area contributed by atoms with Gasteiger partial charge in [0.15, 0.2) is 5.84 Å². The molecule has 11 nitrogen and oxygen atoms in total. The Hall–Kier alpha value is -5.16. The first kappa shape index (κ1) is 29.3. The van der Waals surface area contributed by atoms with Gasteiger partial charge in [0.1, 0.15) is 5.69 Å². The molecule has 0 radical (unpaired) electrons. The van der Waals surface area contributed by atoms with Gasteiger partial charge in [0.25, 0.3) is 5.91 Å². The highest BCUT2D eigenvalue weighted by Crippen LogP contribution is 2.26. The number of hydrogen-bond acceptors (Lipinski definition) is 7. The number of nitrogens with one attached hydrogen (secondary N) is 1. The highest BCUT2D eigenvalue weighted by molar-refractivity contribution is 6.08. The topological polar surface area (TPSA) is 148 Å². The smallest absolute Gasteiger partial charge is 0.348 e. The average molecular weight is 582 g/mol. The van der Waals surface area contributed by atoms with Crippen LogP contribution >= 0.6 is 0 Å². The number of fused-ring (bicyclic) bond motifs is 1. The largest absolute Gasteiger partial charge is 0.380 e. The van der Waals surface area contributed by atoms with Gasteiger partial charge in [-0.3, -0.25) is 14.5 Å². The van der Waals surface area contributed by atoms with Crippen molar-refractivity contribution in [2.75, 3.05) is 43.9 Å². The second-order valence-electron chi connectivity index (χ2n) is 10.8. The maximum atomic E-state index is 13.7. The zero-order chi connectivity index (χ0) is 30.5. The van der Waals surface area contributed by atoms with E-state index < -0.39 is 11.9 Å². The standard InChI is InChI=1S/C32H35N7O4/c1-37(2)20-29(40)43-36-30(33)24-13-12-23-16-28(32(42)35-25-6-5-7-26(18-25)38-14-3-4-15-38)39(27(23)17-24)19-21-8-10-22(11-9-21)31(34)41/h5-13,16-18H,3-4,14-15,19-20H2,1-2H3,(H2,33,36)(H2,34,41)(H,35,42). The zero-order valence-corrected chi connectivity index (χ0v) is 24.2. The fourth-order valence-electron chi connectivity index (χ4n) is 5.12. The van der Waals surface area contributed by atoms with Crippen molar-refractivity contribution in [3.8, 4) is 0 Å². The molecule has 0 unspecified atom stereocenters. The fraction of sp³-hybridized carbons (Fsp3) is 0.250. The number of carbonyl (C=O) groups is 3. The molecular weight excluding hydrogens is 546 g/mol. The third-order valence-electron chi connectivity index (χ3n) is 7.28. The molecule has 1 saturated heterocycles. The molecule has 0 spiro atoms. The number of benzene rings is 3.